The van der Waals surface area contributed by atoms with Crippen molar-refractivity contribution in [3.05, 3.63) is 23.5 Å². The van der Waals surface area contributed by atoms with E-state index in [2.05, 4.69) is 12.1 Å². The van der Waals surface area contributed by atoms with Crippen LogP contribution in [0.2, 0.25) is 0 Å². The number of unbranched alkanes of at least 4 members (excludes halogenated alkanes) is 6. The van der Waals surface area contributed by atoms with Gasteiger partial charge in [-0.25, -0.2) is 0 Å². The fourth-order valence-electron chi connectivity index (χ4n) is 2.70. The number of methoxy groups -OCH3 is 1. The second kappa shape index (κ2) is 9.64. The van der Waals surface area contributed by atoms with E-state index in [4.69, 9.17) is 9.94 Å². The first-order valence-corrected chi connectivity index (χ1v) is 8.15. The Morgan fingerprint density at radius 1 is 1.18 bits per heavy atom. The Balaban J connectivity index is 2.50. The molecule has 1 atom stereocenters. The van der Waals surface area contributed by atoms with Gasteiger partial charge in [-0.1, -0.05) is 51.5 Å². The highest BCUT2D eigenvalue weighted by molar-refractivity contribution is 5.66. The van der Waals surface area contributed by atoms with Gasteiger partial charge < -0.3 is 20.2 Å². The van der Waals surface area contributed by atoms with Crippen molar-refractivity contribution in [1.29, 1.82) is 0 Å². The van der Waals surface area contributed by atoms with Gasteiger partial charge in [-0.05, 0) is 24.5 Å². The van der Waals surface area contributed by atoms with Crippen molar-refractivity contribution in [2.45, 2.75) is 64.1 Å². The van der Waals surface area contributed by atoms with Gasteiger partial charge in [0.15, 0.2) is 5.76 Å². The largest absolute Gasteiger partial charge is 0.495 e. The third kappa shape index (κ3) is 5.46. The Kier molecular flexibility index (Phi) is 8.20. The Bertz CT molecular complexity index is 413. The summed E-state index contributed by atoms with van der Waals surface area (Å²) in [5, 5.41) is 31.7. The van der Waals surface area contributed by atoms with Crippen LogP contribution in [0.5, 0.6) is 0 Å². The van der Waals surface area contributed by atoms with Crippen molar-refractivity contribution in [2.24, 2.45) is 11.1 Å². The second-order valence-electron chi connectivity index (χ2n) is 5.84. The van der Waals surface area contributed by atoms with Gasteiger partial charge in [0, 0.05) is 0 Å². The molecule has 0 spiro atoms. The molecule has 1 aliphatic rings. The van der Waals surface area contributed by atoms with Crippen LogP contribution in [-0.4, -0.2) is 34.5 Å². The minimum absolute atomic E-state index is 0.0813. The zero-order valence-electron chi connectivity index (χ0n) is 13.7. The minimum Gasteiger partial charge on any atom is -0.495 e. The number of hydrogen-bond acceptors (Lipinski definition) is 5. The van der Waals surface area contributed by atoms with Crippen LogP contribution in [0.1, 0.15) is 58.3 Å². The van der Waals surface area contributed by atoms with Crippen molar-refractivity contribution in [2.75, 3.05) is 7.11 Å². The molecule has 22 heavy (non-hydrogen) atoms. The number of allylic oxidation sites excluding steroid dienone is 2. The topological polar surface area (TPSA) is 82.3 Å². The normalized spacial score (nSPS) is 20.8. The number of oxime groups is 1. The maximum absolute atomic E-state index is 10.1. The molecule has 0 aromatic heterocycles. The smallest absolute Gasteiger partial charge is 0.234 e. The summed E-state index contributed by atoms with van der Waals surface area (Å²) < 4.78 is 5.06. The molecule has 1 unspecified atom stereocenters. The van der Waals surface area contributed by atoms with Gasteiger partial charge in [0.1, 0.15) is 0 Å². The maximum atomic E-state index is 10.1. The summed E-state index contributed by atoms with van der Waals surface area (Å²) in [6.07, 6.45) is 14.0. The molecule has 0 fully saturated rings. The lowest BCUT2D eigenvalue weighted by Crippen LogP contribution is -2.42. The zero-order valence-corrected chi connectivity index (χ0v) is 13.7. The van der Waals surface area contributed by atoms with Gasteiger partial charge in [0.2, 0.25) is 5.79 Å². The molecule has 1 aliphatic carbocycles. The van der Waals surface area contributed by atoms with E-state index in [1.165, 1.54) is 45.6 Å². The van der Waals surface area contributed by atoms with Crippen molar-refractivity contribution in [3.63, 3.8) is 0 Å². The molecular weight excluding hydrogens is 282 g/mol. The van der Waals surface area contributed by atoms with Crippen LogP contribution < -0.4 is 0 Å². The van der Waals surface area contributed by atoms with Crippen LogP contribution >= 0.6 is 0 Å². The Labute approximate surface area is 133 Å². The summed E-state index contributed by atoms with van der Waals surface area (Å²) in [6.45, 7) is 2.21. The molecule has 0 radical (unpaired) electrons. The highest BCUT2D eigenvalue weighted by Crippen LogP contribution is 2.32. The van der Waals surface area contributed by atoms with Gasteiger partial charge in [0.05, 0.1) is 19.2 Å². The molecule has 126 valence electrons. The zero-order chi connectivity index (χ0) is 16.4. The molecule has 0 heterocycles. The third-order valence-corrected chi connectivity index (χ3v) is 4.05. The van der Waals surface area contributed by atoms with E-state index in [0.717, 1.165) is 24.6 Å². The lowest BCUT2D eigenvalue weighted by atomic mass is 9.87. The molecule has 0 amide bonds. The van der Waals surface area contributed by atoms with E-state index < -0.39 is 11.7 Å². The average molecular weight is 311 g/mol. The van der Waals surface area contributed by atoms with Gasteiger partial charge in [-0.15, -0.1) is 5.16 Å². The van der Waals surface area contributed by atoms with Crippen LogP contribution in [0.3, 0.4) is 0 Å². The molecule has 5 nitrogen and oxygen atoms in total. The molecule has 0 saturated carbocycles. The molecule has 1 rings (SSSR count). The lowest BCUT2D eigenvalue weighted by Gasteiger charge is -2.31. The quantitative estimate of drug-likeness (QED) is 0.190. The molecular formula is C17H29NO4. The van der Waals surface area contributed by atoms with E-state index in [9.17, 15) is 10.2 Å². The van der Waals surface area contributed by atoms with Gasteiger partial charge in [-0.3, -0.25) is 0 Å². The predicted molar refractivity (Wildman–Crippen MR) is 86.7 cm³/mol. The van der Waals surface area contributed by atoms with Crippen LogP contribution in [-0.2, 0) is 4.74 Å². The highest BCUT2D eigenvalue weighted by atomic mass is 16.6. The van der Waals surface area contributed by atoms with Crippen LogP contribution in [0.4, 0.5) is 0 Å². The summed E-state index contributed by atoms with van der Waals surface area (Å²) in [5.74, 6) is -2.89. The van der Waals surface area contributed by atoms with E-state index >= 15 is 0 Å². The predicted octanol–water partition coefficient (Wildman–Crippen LogP) is 3.35. The molecule has 0 aromatic rings. The van der Waals surface area contributed by atoms with E-state index in [-0.39, 0.29) is 5.76 Å². The number of aliphatic hydroxyl groups is 2. The highest BCUT2D eigenvalue weighted by Gasteiger charge is 2.40. The first-order chi connectivity index (χ1) is 10.6. The van der Waals surface area contributed by atoms with Crippen molar-refractivity contribution in [1.82, 2.24) is 0 Å². The molecule has 0 aromatic carbocycles. The minimum atomic E-state index is -2.16. The number of ether oxygens (including phenoxy) is 1. The van der Waals surface area contributed by atoms with Crippen molar-refractivity contribution in [3.8, 4) is 0 Å². The van der Waals surface area contributed by atoms with E-state index in [1.54, 1.807) is 12.2 Å². The maximum Gasteiger partial charge on any atom is 0.234 e. The molecule has 0 bridgehead atoms. The molecule has 3 N–H and O–H groups in total. The van der Waals surface area contributed by atoms with Crippen molar-refractivity contribution >= 4 is 6.21 Å². The number of nitrogens with zero attached hydrogens (tertiary/aromatic N) is 1. The Hall–Kier alpha value is -1.33. The first-order valence-electron chi connectivity index (χ1n) is 8.15. The monoisotopic (exact) mass is 311 g/mol. The van der Waals surface area contributed by atoms with Gasteiger partial charge in [0.25, 0.3) is 0 Å². The fourth-order valence-corrected chi connectivity index (χ4v) is 2.70. The first kappa shape index (κ1) is 18.7. The average Bonchev–Trinajstić information content (AvgIpc) is 2.49. The molecule has 0 aliphatic heterocycles. The molecule has 0 saturated heterocycles. The summed E-state index contributed by atoms with van der Waals surface area (Å²) in [6, 6.07) is 0. The van der Waals surface area contributed by atoms with Crippen molar-refractivity contribution < 1.29 is 20.2 Å². The Morgan fingerprint density at radius 3 is 2.41 bits per heavy atom. The standard InChI is InChI=1S/C17H29NO4/c1-3-4-5-6-7-8-9-10-14-11-15(13-18-21)17(19,20)16(12-14)22-2/h11-13,15,19-21H,3-10H2,1-2H3. The number of hydrogen-bond donors (Lipinski definition) is 3. The fraction of sp³-hybridized carbons (Fsp3) is 0.706. The molecule has 5 heteroatoms. The second-order valence-corrected chi connectivity index (χ2v) is 5.84. The SMILES string of the molecule is CCCCCCCCCC1=CC(C=NO)C(O)(O)C(OC)=C1. The summed E-state index contributed by atoms with van der Waals surface area (Å²) >= 11 is 0. The van der Waals surface area contributed by atoms with Gasteiger partial charge in [-0.2, -0.15) is 0 Å². The summed E-state index contributed by atoms with van der Waals surface area (Å²) in [7, 11) is 1.40. The van der Waals surface area contributed by atoms with Crippen LogP contribution in [0, 0.1) is 5.92 Å². The Morgan fingerprint density at radius 2 is 1.82 bits per heavy atom. The number of rotatable bonds is 10. The van der Waals surface area contributed by atoms with Crippen LogP contribution in [0.25, 0.3) is 0 Å². The van der Waals surface area contributed by atoms with Crippen LogP contribution in [0.15, 0.2) is 28.6 Å². The van der Waals surface area contributed by atoms with E-state index in [1.807, 2.05) is 0 Å². The third-order valence-electron chi connectivity index (χ3n) is 4.05. The summed E-state index contributed by atoms with van der Waals surface area (Å²) in [5.41, 5.74) is 0.981. The van der Waals surface area contributed by atoms with Gasteiger partial charge >= 0.3 is 0 Å². The lowest BCUT2D eigenvalue weighted by molar-refractivity contribution is -0.169. The summed E-state index contributed by atoms with van der Waals surface area (Å²) in [4.78, 5) is 0. The van der Waals surface area contributed by atoms with E-state index in [0.29, 0.717) is 0 Å².